The van der Waals surface area contributed by atoms with Crippen LogP contribution in [0.2, 0.25) is 0 Å². The van der Waals surface area contributed by atoms with Gasteiger partial charge in [0.1, 0.15) is 0 Å². The predicted molar refractivity (Wildman–Crippen MR) is 52.9 cm³/mol. The van der Waals surface area contributed by atoms with Crippen molar-refractivity contribution in [3.05, 3.63) is 15.0 Å². The summed E-state index contributed by atoms with van der Waals surface area (Å²) in [6.07, 6.45) is 0.476. The maximum Gasteiger partial charge on any atom is 0.314 e. The molecule has 0 atom stereocenters. The Labute approximate surface area is 92.4 Å². The molecule has 1 aliphatic rings. The van der Waals surface area contributed by atoms with Crippen molar-refractivity contribution in [3.8, 4) is 0 Å². The topological polar surface area (TPSA) is 56.3 Å². The van der Waals surface area contributed by atoms with E-state index in [1.165, 1.54) is 11.3 Å². The van der Waals surface area contributed by atoms with Gasteiger partial charge in [-0.1, -0.05) is 0 Å². The van der Waals surface area contributed by atoms with E-state index in [0.717, 1.165) is 9.61 Å². The Hall–Kier alpha value is -0.750. The number of ether oxygens (including phenoxy) is 1. The molecule has 0 saturated carbocycles. The molecule has 1 fully saturated rings. The van der Waals surface area contributed by atoms with E-state index in [-0.39, 0.29) is 18.8 Å². The summed E-state index contributed by atoms with van der Waals surface area (Å²) in [5.74, 6) is -1.04. The highest BCUT2D eigenvalue weighted by Gasteiger charge is 2.29. The summed E-state index contributed by atoms with van der Waals surface area (Å²) in [6.45, 7) is 0. The molecule has 1 aromatic heterocycles. The number of cyclic esters (lactones) is 2. The van der Waals surface area contributed by atoms with E-state index in [1.54, 1.807) is 0 Å². The van der Waals surface area contributed by atoms with Gasteiger partial charge in [0.15, 0.2) is 3.92 Å². The summed E-state index contributed by atoms with van der Waals surface area (Å²) in [5.41, 5.74) is 0.784. The first-order valence-corrected chi connectivity index (χ1v) is 5.67. The van der Waals surface area contributed by atoms with Crippen LogP contribution < -0.4 is 0 Å². The van der Waals surface area contributed by atoms with Gasteiger partial charge in [0.25, 0.3) is 0 Å². The average Bonchev–Trinajstić information content (AvgIpc) is 2.50. The summed E-state index contributed by atoms with van der Waals surface area (Å²) in [6, 6.07) is 0. The fourth-order valence-electron chi connectivity index (χ4n) is 1.34. The molecule has 0 amide bonds. The highest BCUT2D eigenvalue weighted by atomic mass is 79.9. The molecule has 0 N–H and O–H groups in total. The maximum absolute atomic E-state index is 11.0. The lowest BCUT2D eigenvalue weighted by Crippen LogP contribution is -2.24. The Kier molecular flexibility index (Phi) is 2.64. The number of esters is 2. The second kappa shape index (κ2) is 3.78. The molecule has 0 aromatic carbocycles. The van der Waals surface area contributed by atoms with Gasteiger partial charge in [-0.05, 0) is 15.9 Å². The van der Waals surface area contributed by atoms with Crippen LogP contribution in [0.1, 0.15) is 24.5 Å². The number of nitrogens with zero attached hydrogens (tertiary/aromatic N) is 1. The van der Waals surface area contributed by atoms with Gasteiger partial charge in [0.05, 0.1) is 18.5 Å². The van der Waals surface area contributed by atoms with Crippen LogP contribution >= 0.6 is 27.3 Å². The first kappa shape index (κ1) is 9.79. The molecule has 1 aromatic rings. The Morgan fingerprint density at radius 3 is 2.57 bits per heavy atom. The lowest BCUT2D eigenvalue weighted by atomic mass is 9.97. The van der Waals surface area contributed by atoms with E-state index in [0.29, 0.717) is 0 Å². The first-order chi connectivity index (χ1) is 6.65. The molecule has 0 spiro atoms. The quantitative estimate of drug-likeness (QED) is 0.580. The molecule has 1 aliphatic heterocycles. The van der Waals surface area contributed by atoms with Gasteiger partial charge in [-0.3, -0.25) is 9.59 Å². The van der Waals surface area contributed by atoms with Gasteiger partial charge in [0, 0.05) is 11.3 Å². The molecule has 0 bridgehead atoms. The van der Waals surface area contributed by atoms with Crippen LogP contribution in [-0.4, -0.2) is 16.9 Å². The second-order valence-corrected chi connectivity index (χ2v) is 5.11. The Morgan fingerprint density at radius 2 is 2.07 bits per heavy atom. The van der Waals surface area contributed by atoms with Crippen LogP contribution in [0.4, 0.5) is 0 Å². The number of hydrogen-bond acceptors (Lipinski definition) is 5. The third-order valence-electron chi connectivity index (χ3n) is 1.97. The van der Waals surface area contributed by atoms with Gasteiger partial charge in [-0.25, -0.2) is 4.98 Å². The van der Waals surface area contributed by atoms with Crippen molar-refractivity contribution in [1.29, 1.82) is 0 Å². The van der Waals surface area contributed by atoms with Gasteiger partial charge >= 0.3 is 11.9 Å². The van der Waals surface area contributed by atoms with Crippen LogP contribution in [-0.2, 0) is 14.3 Å². The number of thiazole rings is 1. The molecule has 0 radical (unpaired) electrons. The van der Waals surface area contributed by atoms with Gasteiger partial charge in [-0.15, -0.1) is 11.3 Å². The zero-order valence-corrected chi connectivity index (χ0v) is 9.43. The van der Waals surface area contributed by atoms with Crippen LogP contribution in [0.3, 0.4) is 0 Å². The van der Waals surface area contributed by atoms with Crippen molar-refractivity contribution in [2.45, 2.75) is 18.8 Å². The zero-order chi connectivity index (χ0) is 10.1. The number of aromatic nitrogens is 1. The van der Waals surface area contributed by atoms with E-state index in [1.807, 2.05) is 5.38 Å². The fourth-order valence-corrected chi connectivity index (χ4v) is 2.45. The zero-order valence-electron chi connectivity index (χ0n) is 7.03. The number of halogens is 1. The third kappa shape index (κ3) is 2.01. The Bertz CT molecular complexity index is 374. The minimum atomic E-state index is -0.463. The maximum atomic E-state index is 11.0. The molecule has 6 heteroatoms. The fraction of sp³-hybridized carbons (Fsp3) is 0.375. The van der Waals surface area contributed by atoms with E-state index in [2.05, 4.69) is 25.7 Å². The van der Waals surface area contributed by atoms with Crippen LogP contribution in [0, 0.1) is 0 Å². The molecular formula is C8H6BrNO3S. The first-order valence-electron chi connectivity index (χ1n) is 3.99. The number of hydrogen-bond donors (Lipinski definition) is 0. The smallest absolute Gasteiger partial charge is 0.314 e. The molecule has 4 nitrogen and oxygen atoms in total. The van der Waals surface area contributed by atoms with Gasteiger partial charge in [-0.2, -0.15) is 0 Å². The summed E-state index contributed by atoms with van der Waals surface area (Å²) >= 11 is 4.68. The summed E-state index contributed by atoms with van der Waals surface area (Å²) < 4.78 is 5.19. The average molecular weight is 276 g/mol. The lowest BCUT2D eigenvalue weighted by molar-refractivity contribution is -0.164. The highest BCUT2D eigenvalue weighted by Crippen LogP contribution is 2.30. The minimum Gasteiger partial charge on any atom is -0.393 e. The summed E-state index contributed by atoms with van der Waals surface area (Å²) in [5, 5.41) is 1.85. The van der Waals surface area contributed by atoms with Crippen molar-refractivity contribution in [3.63, 3.8) is 0 Å². The number of carbonyl (C=O) groups excluding carboxylic acids is 2. The Balaban J connectivity index is 2.18. The van der Waals surface area contributed by atoms with Gasteiger partial charge < -0.3 is 4.74 Å². The summed E-state index contributed by atoms with van der Waals surface area (Å²) in [7, 11) is 0. The predicted octanol–water partition coefficient (Wildman–Crippen LogP) is 1.85. The highest BCUT2D eigenvalue weighted by molar-refractivity contribution is 9.11. The number of rotatable bonds is 1. The van der Waals surface area contributed by atoms with E-state index in [9.17, 15) is 9.59 Å². The molecule has 2 rings (SSSR count). The van der Waals surface area contributed by atoms with Crippen LogP contribution in [0.5, 0.6) is 0 Å². The molecular weight excluding hydrogens is 270 g/mol. The molecule has 1 saturated heterocycles. The monoisotopic (exact) mass is 275 g/mol. The molecule has 14 heavy (non-hydrogen) atoms. The minimum absolute atomic E-state index is 0.119. The molecule has 2 heterocycles. The van der Waals surface area contributed by atoms with Crippen molar-refractivity contribution < 1.29 is 14.3 Å². The second-order valence-electron chi connectivity index (χ2n) is 2.98. The normalized spacial score (nSPS) is 18.4. The largest absolute Gasteiger partial charge is 0.393 e. The number of carbonyl (C=O) groups is 2. The van der Waals surface area contributed by atoms with Crippen molar-refractivity contribution in [2.24, 2.45) is 0 Å². The molecule has 0 aliphatic carbocycles. The van der Waals surface area contributed by atoms with Crippen molar-refractivity contribution in [1.82, 2.24) is 4.98 Å². The van der Waals surface area contributed by atoms with Crippen LogP contribution in [0.25, 0.3) is 0 Å². The summed E-state index contributed by atoms with van der Waals surface area (Å²) in [4.78, 5) is 26.1. The van der Waals surface area contributed by atoms with E-state index >= 15 is 0 Å². The standard InChI is InChI=1S/C8H6BrNO3S/c9-8-10-5(3-14-8)4-1-6(11)13-7(12)2-4/h3-4H,1-2H2. The van der Waals surface area contributed by atoms with Crippen molar-refractivity contribution >= 4 is 39.2 Å². The third-order valence-corrected chi connectivity index (χ3v) is 3.35. The van der Waals surface area contributed by atoms with E-state index < -0.39 is 11.9 Å². The SMILES string of the molecule is O=C1CC(c2csc(Br)n2)CC(=O)O1. The van der Waals surface area contributed by atoms with Crippen molar-refractivity contribution in [2.75, 3.05) is 0 Å². The van der Waals surface area contributed by atoms with Crippen LogP contribution in [0.15, 0.2) is 9.30 Å². The lowest BCUT2D eigenvalue weighted by Gasteiger charge is -2.17. The molecule has 74 valence electrons. The molecule has 0 unspecified atom stereocenters. The van der Waals surface area contributed by atoms with Gasteiger partial charge in [0.2, 0.25) is 0 Å². The van der Waals surface area contributed by atoms with E-state index in [4.69, 9.17) is 0 Å². The Morgan fingerprint density at radius 1 is 1.43 bits per heavy atom.